The molecule has 0 bridgehead atoms. The lowest BCUT2D eigenvalue weighted by Gasteiger charge is -2.27. The topological polar surface area (TPSA) is 46.2 Å². The van der Waals surface area contributed by atoms with Gasteiger partial charge >= 0.3 is 23.9 Å². The van der Waals surface area contributed by atoms with E-state index in [9.17, 15) is 40.3 Å². The molecule has 0 atom stereocenters. The maximum absolute atomic E-state index is 13.6. The number of amides is 1. The first-order chi connectivity index (χ1) is 13.4. The van der Waals surface area contributed by atoms with Crippen molar-refractivity contribution in [3.63, 3.8) is 0 Å². The molecule has 0 spiro atoms. The molecule has 29 heavy (non-hydrogen) atoms. The van der Waals surface area contributed by atoms with Gasteiger partial charge in [-0.25, -0.2) is 0 Å². The highest BCUT2D eigenvalue weighted by Gasteiger charge is 2.76. The van der Waals surface area contributed by atoms with Crippen LogP contribution in [0.15, 0.2) is 66.7 Å². The Kier molecular flexibility index (Phi) is 6.15. The van der Waals surface area contributed by atoms with Crippen molar-refractivity contribution in [2.75, 3.05) is 0 Å². The van der Waals surface area contributed by atoms with E-state index in [0.717, 1.165) is 0 Å². The van der Waals surface area contributed by atoms with E-state index in [1.165, 1.54) is 59.9 Å². The van der Waals surface area contributed by atoms with Crippen molar-refractivity contribution in [3.8, 4) is 0 Å². The Hall–Kier alpha value is -3.17. The van der Waals surface area contributed by atoms with Crippen LogP contribution in [-0.2, 0) is 4.79 Å². The number of rotatable bonds is 6. The number of hydrogen-bond acceptors (Lipinski definition) is 2. The fourth-order valence-corrected chi connectivity index (χ4v) is 2.15. The van der Waals surface area contributed by atoms with Crippen LogP contribution in [-0.4, -0.2) is 29.7 Å². The molecule has 154 valence electrons. The van der Waals surface area contributed by atoms with Gasteiger partial charge in [-0.3, -0.25) is 9.59 Å². The van der Waals surface area contributed by atoms with Crippen LogP contribution in [0.4, 0.5) is 30.7 Å². The number of benzene rings is 2. The number of alkyl halides is 7. The summed E-state index contributed by atoms with van der Waals surface area (Å²) in [7, 11) is 0. The number of ketones is 1. The van der Waals surface area contributed by atoms with Gasteiger partial charge in [0.05, 0.1) is 5.70 Å². The molecule has 1 N–H and O–H groups in total. The van der Waals surface area contributed by atoms with E-state index < -0.39 is 35.4 Å². The molecule has 0 unspecified atom stereocenters. The molecule has 2 rings (SSSR count). The molecular formula is C19H12F7NO2. The number of hydrogen-bond donors (Lipinski definition) is 1. The number of carbonyl (C=O) groups excluding carboxylic acids is 2. The molecule has 0 heterocycles. The van der Waals surface area contributed by atoms with Gasteiger partial charge in [-0.15, -0.1) is 0 Å². The normalized spacial score (nSPS) is 13.1. The molecule has 1 amide bonds. The second kappa shape index (κ2) is 8.06. The molecule has 3 nitrogen and oxygen atoms in total. The Morgan fingerprint density at radius 2 is 1.17 bits per heavy atom. The largest absolute Gasteiger partial charge is 0.460 e. The van der Waals surface area contributed by atoms with Crippen molar-refractivity contribution in [1.29, 1.82) is 0 Å². The van der Waals surface area contributed by atoms with E-state index in [1.807, 2.05) is 0 Å². The predicted octanol–water partition coefficient (Wildman–Crippen LogP) is 4.86. The summed E-state index contributed by atoms with van der Waals surface area (Å²) in [6.45, 7) is 0. The molecule has 0 saturated heterocycles. The van der Waals surface area contributed by atoms with E-state index in [0.29, 0.717) is 6.08 Å². The molecule has 0 aromatic heterocycles. The molecule has 2 aromatic rings. The maximum Gasteiger partial charge on any atom is 0.460 e. The van der Waals surface area contributed by atoms with Gasteiger partial charge in [0.25, 0.3) is 0 Å². The van der Waals surface area contributed by atoms with E-state index in [-0.39, 0.29) is 11.1 Å². The van der Waals surface area contributed by atoms with Crippen molar-refractivity contribution in [3.05, 3.63) is 77.9 Å². The molecule has 10 heteroatoms. The van der Waals surface area contributed by atoms with Crippen LogP contribution in [0, 0.1) is 0 Å². The van der Waals surface area contributed by atoms with Crippen LogP contribution < -0.4 is 5.32 Å². The van der Waals surface area contributed by atoms with Gasteiger partial charge in [0.2, 0.25) is 0 Å². The fourth-order valence-electron chi connectivity index (χ4n) is 2.15. The summed E-state index contributed by atoms with van der Waals surface area (Å²) in [5.41, 5.74) is -0.652. The monoisotopic (exact) mass is 419 g/mol. The van der Waals surface area contributed by atoms with E-state index in [4.69, 9.17) is 0 Å². The van der Waals surface area contributed by atoms with Crippen LogP contribution >= 0.6 is 0 Å². The Balaban J connectivity index is 2.42. The van der Waals surface area contributed by atoms with Gasteiger partial charge < -0.3 is 5.32 Å². The first-order valence-corrected chi connectivity index (χ1v) is 7.88. The van der Waals surface area contributed by atoms with Crippen LogP contribution in [0.1, 0.15) is 15.9 Å². The van der Waals surface area contributed by atoms with Crippen LogP contribution in [0.3, 0.4) is 0 Å². The lowest BCUT2D eigenvalue weighted by Crippen LogP contribution is -2.59. The highest BCUT2D eigenvalue weighted by atomic mass is 19.4. The minimum Gasteiger partial charge on any atom is -0.320 e. The van der Waals surface area contributed by atoms with Gasteiger partial charge in [-0.05, 0) is 5.56 Å². The van der Waals surface area contributed by atoms with Gasteiger partial charge in [-0.2, -0.15) is 30.7 Å². The highest BCUT2D eigenvalue weighted by molar-refractivity contribution is 6.09. The zero-order chi connectivity index (χ0) is 21.9. The summed E-state index contributed by atoms with van der Waals surface area (Å²) in [5, 5.41) is 1.32. The second-order valence-electron chi connectivity index (χ2n) is 5.75. The third-order valence-electron chi connectivity index (χ3n) is 3.70. The highest BCUT2D eigenvalue weighted by Crippen LogP contribution is 2.46. The summed E-state index contributed by atoms with van der Waals surface area (Å²) in [4.78, 5) is 23.9. The van der Waals surface area contributed by atoms with Gasteiger partial charge in [0, 0.05) is 11.6 Å². The smallest absolute Gasteiger partial charge is 0.320 e. The minimum atomic E-state index is -6.66. The average molecular weight is 419 g/mol. The number of carbonyl (C=O) groups is 2. The molecule has 2 aromatic carbocycles. The van der Waals surface area contributed by atoms with Crippen molar-refractivity contribution in [2.45, 2.75) is 18.0 Å². The fraction of sp³-hybridized carbons (Fsp3) is 0.158. The molecular weight excluding hydrogens is 407 g/mol. The third-order valence-corrected chi connectivity index (χ3v) is 3.70. The SMILES string of the molecule is O=C(/C=C(/NC(=O)C(F)(F)C(F)(F)C(F)(F)F)c1ccccc1)c1ccccc1. The summed E-state index contributed by atoms with van der Waals surface area (Å²) in [6, 6.07) is 14.0. The Bertz CT molecular complexity index is 907. The molecule has 0 saturated carbocycles. The molecule has 0 aliphatic heterocycles. The maximum atomic E-state index is 13.6. The molecule has 0 radical (unpaired) electrons. The summed E-state index contributed by atoms with van der Waals surface area (Å²) in [6.07, 6.45) is -6.01. The lowest BCUT2D eigenvalue weighted by molar-refractivity contribution is -0.343. The first kappa shape index (κ1) is 22.1. The predicted molar refractivity (Wildman–Crippen MR) is 89.3 cm³/mol. The summed E-state index contributed by atoms with van der Waals surface area (Å²) < 4.78 is 90.4. The Morgan fingerprint density at radius 1 is 0.724 bits per heavy atom. The summed E-state index contributed by atoms with van der Waals surface area (Å²) >= 11 is 0. The van der Waals surface area contributed by atoms with Gasteiger partial charge in [0.15, 0.2) is 5.78 Å². The van der Waals surface area contributed by atoms with Crippen LogP contribution in [0.2, 0.25) is 0 Å². The quantitative estimate of drug-likeness (QED) is 0.413. The van der Waals surface area contributed by atoms with Crippen molar-refractivity contribution >= 4 is 17.4 Å². The van der Waals surface area contributed by atoms with Crippen molar-refractivity contribution in [1.82, 2.24) is 5.32 Å². The third kappa shape index (κ3) is 4.64. The number of allylic oxidation sites excluding steroid dienone is 1. The van der Waals surface area contributed by atoms with Crippen LogP contribution in [0.25, 0.3) is 5.70 Å². The zero-order valence-corrected chi connectivity index (χ0v) is 14.3. The Morgan fingerprint density at radius 3 is 1.62 bits per heavy atom. The first-order valence-electron chi connectivity index (χ1n) is 7.88. The van der Waals surface area contributed by atoms with Crippen molar-refractivity contribution < 1.29 is 40.3 Å². The van der Waals surface area contributed by atoms with E-state index in [1.54, 1.807) is 6.07 Å². The Labute approximate surface area is 159 Å². The van der Waals surface area contributed by atoms with Gasteiger partial charge in [-0.1, -0.05) is 60.7 Å². The number of halogens is 7. The second-order valence-corrected chi connectivity index (χ2v) is 5.75. The van der Waals surface area contributed by atoms with E-state index >= 15 is 0 Å². The lowest BCUT2D eigenvalue weighted by atomic mass is 10.1. The molecule has 0 aliphatic carbocycles. The van der Waals surface area contributed by atoms with Crippen molar-refractivity contribution in [2.24, 2.45) is 0 Å². The molecule has 0 aliphatic rings. The van der Waals surface area contributed by atoms with E-state index in [2.05, 4.69) is 0 Å². The number of nitrogens with one attached hydrogen (secondary N) is 1. The standard InChI is InChI=1S/C19H12F7NO2/c20-17(21,18(22,23)19(24,25)26)16(29)27-14(12-7-3-1-4-8-12)11-15(28)13-9-5-2-6-10-13/h1-11H,(H,27,29)/b14-11+. The van der Waals surface area contributed by atoms with Crippen LogP contribution in [0.5, 0.6) is 0 Å². The average Bonchev–Trinajstić information content (AvgIpc) is 2.67. The zero-order valence-electron chi connectivity index (χ0n) is 14.3. The van der Waals surface area contributed by atoms with Gasteiger partial charge in [0.1, 0.15) is 0 Å². The molecule has 0 fully saturated rings. The summed E-state index contributed by atoms with van der Waals surface area (Å²) in [5.74, 6) is -16.4. The minimum absolute atomic E-state index is 0.0590.